The minimum Gasteiger partial charge on any atom is -0.392 e. The smallest absolute Gasteiger partial charge is 0.223 e. The second kappa shape index (κ2) is 12.2. The first kappa shape index (κ1) is 26.7. The molecule has 0 aromatic heterocycles. The lowest BCUT2D eigenvalue weighted by molar-refractivity contribution is -0.134. The second-order valence-electron chi connectivity index (χ2n) is 11.1. The predicted octanol–water partition coefficient (Wildman–Crippen LogP) is 5.60. The summed E-state index contributed by atoms with van der Waals surface area (Å²) in [5.74, 6) is 1.25. The molecule has 0 spiro atoms. The van der Waals surface area contributed by atoms with Crippen molar-refractivity contribution in [1.29, 1.82) is 0 Å². The van der Waals surface area contributed by atoms with Gasteiger partial charge in [0.05, 0.1) is 12.2 Å². The summed E-state index contributed by atoms with van der Waals surface area (Å²) in [6, 6.07) is 8.75. The molecule has 1 aromatic rings. The molecule has 1 fully saturated rings. The van der Waals surface area contributed by atoms with Crippen LogP contribution in [0.2, 0.25) is 0 Å². The molecule has 0 aliphatic heterocycles. The van der Waals surface area contributed by atoms with Gasteiger partial charge in [0.1, 0.15) is 0 Å². The minimum atomic E-state index is -0.532. The number of aryl methyl sites for hydroxylation is 1. The van der Waals surface area contributed by atoms with E-state index < -0.39 is 6.10 Å². The maximum absolute atomic E-state index is 12.6. The zero-order valence-electron chi connectivity index (χ0n) is 21.8. The Balaban J connectivity index is 1.45. The van der Waals surface area contributed by atoms with Crippen molar-refractivity contribution in [3.63, 3.8) is 0 Å². The maximum atomic E-state index is 12.6. The maximum Gasteiger partial charge on any atom is 0.223 e. The molecule has 2 aliphatic rings. The van der Waals surface area contributed by atoms with E-state index in [0.29, 0.717) is 24.7 Å². The molecule has 0 saturated heterocycles. The number of aliphatic hydroxyl groups is 2. The Kier molecular flexibility index (Phi) is 9.56. The van der Waals surface area contributed by atoms with Crippen LogP contribution in [0.4, 0.5) is 0 Å². The number of hydrogen-bond donors (Lipinski definition) is 2. The third-order valence-corrected chi connectivity index (χ3v) is 7.57. The van der Waals surface area contributed by atoms with Gasteiger partial charge < -0.3 is 15.1 Å². The van der Waals surface area contributed by atoms with Crippen molar-refractivity contribution in [2.24, 2.45) is 17.8 Å². The molecule has 1 aromatic carbocycles. The van der Waals surface area contributed by atoms with E-state index in [-0.39, 0.29) is 30.0 Å². The molecule has 2 aliphatic carbocycles. The minimum absolute atomic E-state index is 0.109. The quantitative estimate of drug-likeness (QED) is 0.329. The Bertz CT molecular complexity index is 864. The zero-order valence-corrected chi connectivity index (χ0v) is 21.8. The monoisotopic (exact) mass is 467 g/mol. The first-order valence-electron chi connectivity index (χ1n) is 13.3. The molecular formula is C30H45NO3. The van der Waals surface area contributed by atoms with Gasteiger partial charge in [-0.2, -0.15) is 0 Å². The number of carbonyl (C=O) groups excluding carboxylic acids is 1. The van der Waals surface area contributed by atoms with Crippen LogP contribution in [0.1, 0.15) is 77.3 Å². The van der Waals surface area contributed by atoms with E-state index in [4.69, 9.17) is 0 Å². The molecule has 5 atom stereocenters. The van der Waals surface area contributed by atoms with Crippen LogP contribution in [0, 0.1) is 24.7 Å². The number of benzene rings is 1. The standard InChI is InChI=1S/C30H45NO3/c1-20(2)31(21(3)4)30(34)12-7-6-10-24-16-25-19-29(33)27(28(25)18-24)14-13-26(32)17-23-11-8-9-22(5)15-23/h8-9,11,13-16,20-21,25-29,32-33H,6-7,10,12,17-19H2,1-5H3/b14-13+/t25-,26-,27+,28-,29+/m0/s1. The first-order valence-corrected chi connectivity index (χ1v) is 13.3. The van der Waals surface area contributed by atoms with Crippen molar-refractivity contribution in [3.05, 3.63) is 59.2 Å². The third kappa shape index (κ3) is 7.05. The van der Waals surface area contributed by atoms with Crippen LogP contribution in [0.3, 0.4) is 0 Å². The number of carbonyl (C=O) groups is 1. The highest BCUT2D eigenvalue weighted by molar-refractivity contribution is 5.76. The molecule has 1 saturated carbocycles. The van der Waals surface area contributed by atoms with Gasteiger partial charge in [0.15, 0.2) is 0 Å². The third-order valence-electron chi connectivity index (χ3n) is 7.57. The summed E-state index contributed by atoms with van der Waals surface area (Å²) < 4.78 is 0. The Morgan fingerprint density at radius 1 is 1.18 bits per heavy atom. The van der Waals surface area contributed by atoms with Gasteiger partial charge in [-0.3, -0.25) is 4.79 Å². The Morgan fingerprint density at radius 3 is 2.59 bits per heavy atom. The highest BCUT2D eigenvalue weighted by Gasteiger charge is 2.43. The van der Waals surface area contributed by atoms with Gasteiger partial charge in [0, 0.05) is 30.8 Å². The summed E-state index contributed by atoms with van der Waals surface area (Å²) in [4.78, 5) is 14.6. The van der Waals surface area contributed by atoms with Crippen molar-refractivity contribution in [3.8, 4) is 0 Å². The summed E-state index contributed by atoms with van der Waals surface area (Å²) >= 11 is 0. The molecule has 0 heterocycles. The Morgan fingerprint density at radius 2 is 1.91 bits per heavy atom. The summed E-state index contributed by atoms with van der Waals surface area (Å²) in [5.41, 5.74) is 3.82. The number of allylic oxidation sites excluding steroid dienone is 2. The first-order chi connectivity index (χ1) is 16.2. The average molecular weight is 468 g/mol. The van der Waals surface area contributed by atoms with Gasteiger partial charge in [-0.05, 0) is 84.1 Å². The molecule has 4 heteroatoms. The fourth-order valence-corrected chi connectivity index (χ4v) is 6.13. The highest BCUT2D eigenvalue weighted by atomic mass is 16.3. The van der Waals surface area contributed by atoms with Crippen LogP contribution in [0.25, 0.3) is 0 Å². The van der Waals surface area contributed by atoms with E-state index >= 15 is 0 Å². The Hall–Kier alpha value is -1.91. The van der Waals surface area contributed by atoms with E-state index in [1.165, 1.54) is 11.1 Å². The van der Waals surface area contributed by atoms with Crippen molar-refractivity contribution in [2.75, 3.05) is 0 Å². The van der Waals surface area contributed by atoms with Gasteiger partial charge in [-0.1, -0.05) is 53.6 Å². The summed E-state index contributed by atoms with van der Waals surface area (Å²) in [7, 11) is 0. The fraction of sp³-hybridized carbons (Fsp3) is 0.633. The molecule has 188 valence electrons. The topological polar surface area (TPSA) is 60.8 Å². The zero-order chi connectivity index (χ0) is 24.8. The van der Waals surface area contributed by atoms with Crippen molar-refractivity contribution < 1.29 is 15.0 Å². The van der Waals surface area contributed by atoms with Gasteiger partial charge in [0.2, 0.25) is 5.91 Å². The van der Waals surface area contributed by atoms with Crippen molar-refractivity contribution >= 4 is 5.91 Å². The van der Waals surface area contributed by atoms with E-state index in [9.17, 15) is 15.0 Å². The molecular weight excluding hydrogens is 422 g/mol. The summed E-state index contributed by atoms with van der Waals surface area (Å²) in [5, 5.41) is 21.1. The number of rotatable bonds is 11. The van der Waals surface area contributed by atoms with Crippen LogP contribution in [0.15, 0.2) is 48.1 Å². The van der Waals surface area contributed by atoms with Gasteiger partial charge in [0.25, 0.3) is 0 Å². The van der Waals surface area contributed by atoms with Crippen molar-refractivity contribution in [2.45, 2.75) is 104 Å². The van der Waals surface area contributed by atoms with Crippen LogP contribution >= 0.6 is 0 Å². The molecule has 1 amide bonds. The fourth-order valence-electron chi connectivity index (χ4n) is 6.13. The van der Waals surface area contributed by atoms with Crippen molar-refractivity contribution in [1.82, 2.24) is 4.90 Å². The number of aliphatic hydroxyl groups excluding tert-OH is 2. The van der Waals surface area contributed by atoms with Crippen LogP contribution in [0.5, 0.6) is 0 Å². The van der Waals surface area contributed by atoms with E-state index in [1.807, 2.05) is 17.0 Å². The average Bonchev–Trinajstić information content (AvgIpc) is 3.25. The summed E-state index contributed by atoms with van der Waals surface area (Å²) in [6.07, 6.45) is 11.6. The normalized spacial score (nSPS) is 25.3. The molecule has 4 nitrogen and oxygen atoms in total. The predicted molar refractivity (Wildman–Crippen MR) is 139 cm³/mol. The van der Waals surface area contributed by atoms with Crippen LogP contribution < -0.4 is 0 Å². The molecule has 3 rings (SSSR count). The van der Waals surface area contributed by atoms with E-state index in [1.54, 1.807) is 0 Å². The number of unbranched alkanes of at least 4 members (excludes halogenated alkanes) is 1. The number of amides is 1. The summed E-state index contributed by atoms with van der Waals surface area (Å²) in [6.45, 7) is 10.4. The number of nitrogens with zero attached hydrogens (tertiary/aromatic N) is 1. The van der Waals surface area contributed by atoms with Gasteiger partial charge >= 0.3 is 0 Å². The number of hydrogen-bond acceptors (Lipinski definition) is 3. The molecule has 2 N–H and O–H groups in total. The van der Waals surface area contributed by atoms with Gasteiger partial charge in [-0.25, -0.2) is 0 Å². The second-order valence-corrected chi connectivity index (χ2v) is 11.1. The lowest BCUT2D eigenvalue weighted by Gasteiger charge is -2.30. The lowest BCUT2D eigenvalue weighted by atomic mass is 9.88. The van der Waals surface area contributed by atoms with E-state index in [0.717, 1.165) is 37.7 Å². The Labute approximate surface area is 206 Å². The SMILES string of the molecule is Cc1cccc(C[C@@H](O)/C=C/[C@@H]2[C@H]3CC(CCCCC(=O)N(C(C)C)C(C)C)=C[C@H]3C[C@H]2O)c1. The van der Waals surface area contributed by atoms with E-state index in [2.05, 4.69) is 65.0 Å². The lowest BCUT2D eigenvalue weighted by Crippen LogP contribution is -2.41. The molecule has 34 heavy (non-hydrogen) atoms. The molecule has 0 unspecified atom stereocenters. The van der Waals surface area contributed by atoms with Crippen LogP contribution in [-0.4, -0.2) is 45.3 Å². The van der Waals surface area contributed by atoms with Gasteiger partial charge in [-0.15, -0.1) is 0 Å². The largest absolute Gasteiger partial charge is 0.392 e. The molecule has 0 radical (unpaired) electrons. The number of fused-ring (bicyclic) bond motifs is 1. The molecule has 0 bridgehead atoms. The van der Waals surface area contributed by atoms with Crippen LogP contribution in [-0.2, 0) is 11.2 Å². The highest BCUT2D eigenvalue weighted by Crippen LogP contribution is 2.48.